The number of sulfonamides is 1. The van der Waals surface area contributed by atoms with Gasteiger partial charge in [-0.25, -0.2) is 8.42 Å². The molecule has 0 heterocycles. The Kier molecular flexibility index (Phi) is 6.50. The average Bonchev–Trinajstić information content (AvgIpc) is 3.51. The third-order valence-electron chi connectivity index (χ3n) is 4.66. The topological polar surface area (TPSA) is 84.9 Å². The summed E-state index contributed by atoms with van der Waals surface area (Å²) >= 11 is 3.31. The van der Waals surface area contributed by atoms with Crippen LogP contribution < -0.4 is 14.8 Å². The first-order valence-corrected chi connectivity index (χ1v) is 11.3. The molecule has 0 unspecified atom stereocenters. The van der Waals surface area contributed by atoms with Crippen LogP contribution in [0.2, 0.25) is 0 Å². The minimum absolute atomic E-state index is 0.0816. The fourth-order valence-corrected chi connectivity index (χ4v) is 4.95. The Bertz CT molecular complexity index is 1000. The number of nitrogens with one attached hydrogen (secondary N) is 1. The molecule has 1 aliphatic rings. The number of nitrogens with zero attached hydrogens (tertiary/aromatic N) is 1. The van der Waals surface area contributed by atoms with Crippen LogP contribution in [-0.2, 0) is 16.6 Å². The Morgan fingerprint density at radius 1 is 1.14 bits per heavy atom. The second kappa shape index (κ2) is 8.73. The summed E-state index contributed by atoms with van der Waals surface area (Å²) in [5.74, 6) is 0.657. The van der Waals surface area contributed by atoms with Gasteiger partial charge in [-0.15, -0.1) is 0 Å². The zero-order chi connectivity index (χ0) is 21.2. The highest BCUT2D eigenvalue weighted by molar-refractivity contribution is 9.10. The monoisotopic (exact) mass is 482 g/mol. The van der Waals surface area contributed by atoms with Crippen molar-refractivity contribution in [2.45, 2.75) is 30.3 Å². The fourth-order valence-electron chi connectivity index (χ4n) is 2.80. The van der Waals surface area contributed by atoms with E-state index in [1.807, 2.05) is 0 Å². The summed E-state index contributed by atoms with van der Waals surface area (Å²) in [4.78, 5) is 12.2. The maximum Gasteiger partial charge on any atom is 0.251 e. The highest BCUT2D eigenvalue weighted by Gasteiger charge is 2.26. The Morgan fingerprint density at radius 3 is 2.28 bits per heavy atom. The first-order valence-electron chi connectivity index (χ1n) is 9.04. The van der Waals surface area contributed by atoms with Crippen molar-refractivity contribution in [2.75, 3.05) is 21.3 Å². The molecule has 0 saturated heterocycles. The van der Waals surface area contributed by atoms with E-state index in [4.69, 9.17) is 9.47 Å². The summed E-state index contributed by atoms with van der Waals surface area (Å²) in [6.07, 6.45) is 2.05. The van der Waals surface area contributed by atoms with Crippen molar-refractivity contribution in [1.82, 2.24) is 9.62 Å². The van der Waals surface area contributed by atoms with Gasteiger partial charge in [0.1, 0.15) is 4.90 Å². The highest BCUT2D eigenvalue weighted by atomic mass is 79.9. The van der Waals surface area contributed by atoms with Crippen molar-refractivity contribution in [3.63, 3.8) is 0 Å². The molecule has 0 spiro atoms. The normalized spacial score (nSPS) is 14.0. The molecule has 1 aliphatic carbocycles. The minimum atomic E-state index is -3.79. The van der Waals surface area contributed by atoms with Crippen LogP contribution in [0.3, 0.4) is 0 Å². The molecule has 1 N–H and O–H groups in total. The van der Waals surface area contributed by atoms with E-state index in [0.29, 0.717) is 27.6 Å². The van der Waals surface area contributed by atoms with E-state index in [1.165, 1.54) is 31.6 Å². The van der Waals surface area contributed by atoms with E-state index in [9.17, 15) is 13.2 Å². The lowest BCUT2D eigenvalue weighted by molar-refractivity contribution is 0.0951. The number of ether oxygens (including phenoxy) is 2. The Morgan fingerprint density at radius 2 is 1.72 bits per heavy atom. The maximum absolute atomic E-state index is 13.1. The number of hydrogen-bond donors (Lipinski definition) is 1. The molecule has 1 saturated carbocycles. The van der Waals surface area contributed by atoms with Crippen LogP contribution in [-0.4, -0.2) is 45.9 Å². The summed E-state index contributed by atoms with van der Waals surface area (Å²) in [6, 6.07) is 10.2. The molecular weight excluding hydrogens is 460 g/mol. The number of rotatable bonds is 8. The van der Waals surface area contributed by atoms with Gasteiger partial charge in [0, 0.05) is 35.7 Å². The number of hydrogen-bond acceptors (Lipinski definition) is 5. The van der Waals surface area contributed by atoms with Crippen LogP contribution in [0.15, 0.2) is 45.8 Å². The van der Waals surface area contributed by atoms with Crippen LogP contribution in [0, 0.1) is 0 Å². The Labute approximate surface area is 179 Å². The number of amides is 1. The van der Waals surface area contributed by atoms with E-state index in [1.54, 1.807) is 30.3 Å². The van der Waals surface area contributed by atoms with Gasteiger partial charge in [-0.3, -0.25) is 4.79 Å². The lowest BCUT2D eigenvalue weighted by atomic mass is 10.1. The molecule has 0 bridgehead atoms. The second-order valence-electron chi connectivity index (χ2n) is 6.84. The molecule has 9 heteroatoms. The minimum Gasteiger partial charge on any atom is -0.493 e. The van der Waals surface area contributed by atoms with Crippen molar-refractivity contribution < 1.29 is 22.7 Å². The van der Waals surface area contributed by atoms with E-state index in [0.717, 1.165) is 18.4 Å². The van der Waals surface area contributed by atoms with E-state index in [-0.39, 0.29) is 17.3 Å². The average molecular weight is 483 g/mol. The largest absolute Gasteiger partial charge is 0.493 e. The SMILES string of the molecule is COc1cc(Br)c(S(=O)(=O)N(C)Cc2ccc(C(=O)NC3CC3)cc2)cc1OC. The highest BCUT2D eigenvalue weighted by Crippen LogP contribution is 2.36. The van der Waals surface area contributed by atoms with Gasteiger partial charge in [-0.2, -0.15) is 4.31 Å². The number of methoxy groups -OCH3 is 2. The lowest BCUT2D eigenvalue weighted by Gasteiger charge is -2.19. The lowest BCUT2D eigenvalue weighted by Crippen LogP contribution is -2.27. The maximum atomic E-state index is 13.1. The van der Waals surface area contributed by atoms with Crippen LogP contribution in [0.4, 0.5) is 0 Å². The van der Waals surface area contributed by atoms with Gasteiger partial charge in [0.05, 0.1) is 14.2 Å². The molecule has 2 aromatic rings. The molecule has 2 aromatic carbocycles. The quantitative estimate of drug-likeness (QED) is 0.624. The molecular formula is C20H23BrN2O5S. The first-order chi connectivity index (χ1) is 13.8. The van der Waals surface area contributed by atoms with Crippen LogP contribution in [0.1, 0.15) is 28.8 Å². The predicted molar refractivity (Wildman–Crippen MR) is 113 cm³/mol. The standard InChI is InChI=1S/C20H23BrN2O5S/c1-23(12-13-4-6-14(7-5-13)20(24)22-15-8-9-15)29(25,26)19-11-18(28-3)17(27-2)10-16(19)21/h4-7,10-11,15H,8-9,12H2,1-3H3,(H,22,24). The summed E-state index contributed by atoms with van der Waals surface area (Å²) in [6.45, 7) is 0.160. The van der Waals surface area contributed by atoms with Gasteiger partial charge in [-0.05, 0) is 52.5 Å². The third kappa shape index (κ3) is 4.91. The number of halogens is 1. The zero-order valence-electron chi connectivity index (χ0n) is 16.4. The van der Waals surface area contributed by atoms with Crippen LogP contribution in [0.5, 0.6) is 11.5 Å². The van der Waals surface area contributed by atoms with Crippen molar-refractivity contribution in [3.8, 4) is 11.5 Å². The molecule has 0 atom stereocenters. The van der Waals surface area contributed by atoms with Crippen molar-refractivity contribution in [1.29, 1.82) is 0 Å². The van der Waals surface area contributed by atoms with E-state index >= 15 is 0 Å². The van der Waals surface area contributed by atoms with Gasteiger partial charge >= 0.3 is 0 Å². The molecule has 29 heavy (non-hydrogen) atoms. The van der Waals surface area contributed by atoms with E-state index < -0.39 is 10.0 Å². The van der Waals surface area contributed by atoms with Gasteiger partial charge in [-0.1, -0.05) is 12.1 Å². The Balaban J connectivity index is 1.77. The van der Waals surface area contributed by atoms with Crippen LogP contribution >= 0.6 is 15.9 Å². The Hall–Kier alpha value is -2.10. The summed E-state index contributed by atoms with van der Waals surface area (Å²) < 4.78 is 38.2. The van der Waals surface area contributed by atoms with Crippen molar-refractivity contribution in [3.05, 3.63) is 52.0 Å². The fraction of sp³-hybridized carbons (Fsp3) is 0.350. The van der Waals surface area contributed by atoms with Crippen LogP contribution in [0.25, 0.3) is 0 Å². The van der Waals surface area contributed by atoms with Gasteiger partial charge < -0.3 is 14.8 Å². The summed E-state index contributed by atoms with van der Waals surface area (Å²) in [5.41, 5.74) is 1.34. The second-order valence-corrected chi connectivity index (χ2v) is 9.71. The molecule has 7 nitrogen and oxygen atoms in total. The summed E-state index contributed by atoms with van der Waals surface area (Å²) in [5, 5.41) is 2.93. The number of benzene rings is 2. The molecule has 0 aromatic heterocycles. The first kappa shape index (κ1) is 21.6. The van der Waals surface area contributed by atoms with Crippen molar-refractivity contribution in [2.24, 2.45) is 0 Å². The van der Waals surface area contributed by atoms with Gasteiger partial charge in [0.2, 0.25) is 10.0 Å². The third-order valence-corrected chi connectivity index (χ3v) is 7.42. The predicted octanol–water partition coefficient (Wildman–Crippen LogP) is 3.18. The van der Waals surface area contributed by atoms with Crippen molar-refractivity contribution >= 4 is 31.9 Å². The number of carbonyl (C=O) groups excluding carboxylic acids is 1. The molecule has 156 valence electrons. The number of carbonyl (C=O) groups is 1. The smallest absolute Gasteiger partial charge is 0.251 e. The van der Waals surface area contributed by atoms with Gasteiger partial charge in [0.25, 0.3) is 5.91 Å². The molecule has 1 fully saturated rings. The molecule has 3 rings (SSSR count). The molecule has 1 amide bonds. The molecule has 0 radical (unpaired) electrons. The molecule has 0 aliphatic heterocycles. The zero-order valence-corrected chi connectivity index (χ0v) is 18.8. The van der Waals surface area contributed by atoms with E-state index in [2.05, 4.69) is 21.2 Å². The van der Waals surface area contributed by atoms with Gasteiger partial charge in [0.15, 0.2) is 11.5 Å². The summed E-state index contributed by atoms with van der Waals surface area (Å²) in [7, 11) is 0.655.